The number of fused-ring (bicyclic) bond motifs is 1. The van der Waals surface area contributed by atoms with Crippen molar-refractivity contribution < 1.29 is 4.79 Å². The van der Waals surface area contributed by atoms with Crippen LogP contribution in [-0.2, 0) is 11.3 Å². The van der Waals surface area contributed by atoms with Crippen molar-refractivity contribution >= 4 is 40.0 Å². The van der Waals surface area contributed by atoms with Crippen LogP contribution in [-0.4, -0.2) is 33.3 Å². The monoisotopic (exact) mass is 383 g/mol. The molecule has 7 heteroatoms. The summed E-state index contributed by atoms with van der Waals surface area (Å²) >= 11 is 11.9. The SMILES string of the molecule is CCn1c(C(C)N(C)C(=O)C(C)(C)CCl)nc2ccc(Cl)cc2c1=O. The quantitative estimate of drug-likeness (QED) is 0.736. The molecule has 1 aromatic heterocycles. The van der Waals surface area contributed by atoms with Gasteiger partial charge in [0.1, 0.15) is 5.82 Å². The number of halogens is 2. The highest BCUT2D eigenvalue weighted by Gasteiger charge is 2.33. The molecule has 1 unspecified atom stereocenters. The van der Waals surface area contributed by atoms with E-state index < -0.39 is 5.41 Å². The molecular formula is C18H23Cl2N3O2. The summed E-state index contributed by atoms with van der Waals surface area (Å²) in [6.45, 7) is 7.79. The summed E-state index contributed by atoms with van der Waals surface area (Å²) in [4.78, 5) is 31.8. The maximum Gasteiger partial charge on any atom is 0.261 e. The van der Waals surface area contributed by atoms with Gasteiger partial charge in [0.15, 0.2) is 0 Å². The molecule has 0 fully saturated rings. The zero-order valence-corrected chi connectivity index (χ0v) is 16.6. The lowest BCUT2D eigenvalue weighted by atomic mass is 9.94. The van der Waals surface area contributed by atoms with Gasteiger partial charge < -0.3 is 4.90 Å². The van der Waals surface area contributed by atoms with Crippen molar-refractivity contribution in [2.24, 2.45) is 5.41 Å². The van der Waals surface area contributed by atoms with E-state index in [9.17, 15) is 9.59 Å². The second kappa shape index (κ2) is 7.34. The summed E-state index contributed by atoms with van der Waals surface area (Å²) in [5, 5.41) is 0.964. The van der Waals surface area contributed by atoms with Gasteiger partial charge in [0.25, 0.3) is 5.56 Å². The second-order valence-electron chi connectivity index (χ2n) is 6.79. The van der Waals surface area contributed by atoms with Gasteiger partial charge in [-0.3, -0.25) is 14.2 Å². The predicted octanol–water partition coefficient (Wildman–Crippen LogP) is 3.85. The number of hydrogen-bond acceptors (Lipinski definition) is 3. The number of amides is 1. The average Bonchev–Trinajstić information content (AvgIpc) is 2.60. The number of rotatable bonds is 5. The Balaban J connectivity index is 2.58. The standard InChI is InChI=1S/C18H23Cl2N3O2/c1-6-23-15(11(2)22(5)17(25)18(3,4)10-19)21-14-8-7-12(20)9-13(14)16(23)24/h7-9,11H,6,10H2,1-5H3. The molecule has 25 heavy (non-hydrogen) atoms. The number of hydrogen-bond donors (Lipinski definition) is 0. The Hall–Kier alpha value is -1.59. The predicted molar refractivity (Wildman–Crippen MR) is 102 cm³/mol. The fraction of sp³-hybridized carbons (Fsp3) is 0.500. The van der Waals surface area contributed by atoms with Crippen LogP contribution >= 0.6 is 23.2 Å². The molecule has 1 heterocycles. The Bertz CT molecular complexity index is 861. The third-order valence-corrected chi connectivity index (χ3v) is 5.35. The molecular weight excluding hydrogens is 361 g/mol. The minimum atomic E-state index is -0.688. The van der Waals surface area contributed by atoms with E-state index in [4.69, 9.17) is 23.2 Å². The number of carbonyl (C=O) groups excluding carboxylic acids is 1. The molecule has 2 rings (SSSR count). The zero-order valence-electron chi connectivity index (χ0n) is 15.1. The van der Waals surface area contributed by atoms with Crippen LogP contribution in [0.4, 0.5) is 0 Å². The molecule has 0 spiro atoms. The van der Waals surface area contributed by atoms with Gasteiger partial charge in [0, 0.05) is 24.5 Å². The molecule has 0 aliphatic rings. The van der Waals surface area contributed by atoms with Crippen molar-refractivity contribution in [3.8, 4) is 0 Å². The Kier molecular flexibility index (Phi) is 5.79. The van der Waals surface area contributed by atoms with E-state index in [1.165, 1.54) is 0 Å². The van der Waals surface area contributed by atoms with E-state index in [2.05, 4.69) is 4.98 Å². The van der Waals surface area contributed by atoms with Crippen LogP contribution in [0.25, 0.3) is 10.9 Å². The Morgan fingerprint density at radius 2 is 2.04 bits per heavy atom. The van der Waals surface area contributed by atoms with Gasteiger partial charge in [-0.05, 0) is 45.9 Å². The van der Waals surface area contributed by atoms with Crippen LogP contribution in [0.15, 0.2) is 23.0 Å². The number of alkyl halides is 1. The molecule has 1 amide bonds. The van der Waals surface area contributed by atoms with Crippen molar-refractivity contribution in [2.45, 2.75) is 40.3 Å². The Morgan fingerprint density at radius 3 is 2.60 bits per heavy atom. The number of carbonyl (C=O) groups is 1. The lowest BCUT2D eigenvalue weighted by molar-refractivity contribution is -0.140. The molecule has 2 aromatic rings. The van der Waals surface area contributed by atoms with Crippen molar-refractivity contribution in [3.63, 3.8) is 0 Å². The maximum absolute atomic E-state index is 12.8. The first kappa shape index (κ1) is 19.7. The molecule has 0 saturated carbocycles. The van der Waals surface area contributed by atoms with Gasteiger partial charge in [0.2, 0.25) is 5.91 Å². The minimum absolute atomic E-state index is 0.0943. The topological polar surface area (TPSA) is 55.2 Å². The third-order valence-electron chi connectivity index (χ3n) is 4.45. The molecule has 0 saturated heterocycles. The second-order valence-corrected chi connectivity index (χ2v) is 7.49. The first-order valence-electron chi connectivity index (χ1n) is 8.17. The van der Waals surface area contributed by atoms with Crippen LogP contribution in [0.1, 0.15) is 39.6 Å². The molecule has 0 radical (unpaired) electrons. The summed E-state index contributed by atoms with van der Waals surface area (Å²) in [6, 6.07) is 4.67. The van der Waals surface area contributed by atoms with Crippen LogP contribution in [0.3, 0.4) is 0 Å². The molecule has 0 bridgehead atoms. The molecule has 0 N–H and O–H groups in total. The number of benzene rings is 1. The number of nitrogens with zero attached hydrogens (tertiary/aromatic N) is 3. The van der Waals surface area contributed by atoms with Crippen molar-refractivity contribution in [1.29, 1.82) is 0 Å². The van der Waals surface area contributed by atoms with Gasteiger partial charge in [0.05, 0.1) is 22.4 Å². The van der Waals surface area contributed by atoms with E-state index in [1.54, 1.807) is 48.6 Å². The van der Waals surface area contributed by atoms with E-state index in [0.717, 1.165) is 0 Å². The van der Waals surface area contributed by atoms with Crippen LogP contribution in [0.5, 0.6) is 0 Å². The van der Waals surface area contributed by atoms with Crippen LogP contribution in [0, 0.1) is 5.41 Å². The summed E-state index contributed by atoms with van der Waals surface area (Å²) in [6.07, 6.45) is 0. The van der Waals surface area contributed by atoms with Crippen molar-refractivity contribution in [3.05, 3.63) is 39.4 Å². The highest BCUT2D eigenvalue weighted by atomic mass is 35.5. The maximum atomic E-state index is 12.8. The lowest BCUT2D eigenvalue weighted by Crippen LogP contribution is -2.42. The van der Waals surface area contributed by atoms with Gasteiger partial charge in [-0.25, -0.2) is 4.98 Å². The average molecular weight is 384 g/mol. The summed E-state index contributed by atoms with van der Waals surface area (Å²) in [5.41, 5.74) is -0.278. The van der Waals surface area contributed by atoms with Gasteiger partial charge in [-0.1, -0.05) is 11.6 Å². The fourth-order valence-electron chi connectivity index (χ4n) is 2.72. The van der Waals surface area contributed by atoms with Crippen LogP contribution < -0.4 is 5.56 Å². The highest BCUT2D eigenvalue weighted by molar-refractivity contribution is 6.31. The highest BCUT2D eigenvalue weighted by Crippen LogP contribution is 2.26. The number of aromatic nitrogens is 2. The summed E-state index contributed by atoms with van der Waals surface area (Å²) in [5.74, 6) is 0.666. The first-order chi connectivity index (χ1) is 11.6. The molecule has 1 aromatic carbocycles. The van der Waals surface area contributed by atoms with Gasteiger partial charge in [-0.15, -0.1) is 11.6 Å². The van der Waals surface area contributed by atoms with E-state index in [0.29, 0.717) is 28.3 Å². The van der Waals surface area contributed by atoms with E-state index >= 15 is 0 Å². The third kappa shape index (κ3) is 3.67. The molecule has 136 valence electrons. The van der Waals surface area contributed by atoms with E-state index in [-0.39, 0.29) is 23.4 Å². The molecule has 0 aliphatic heterocycles. The summed E-state index contributed by atoms with van der Waals surface area (Å²) in [7, 11) is 1.71. The minimum Gasteiger partial charge on any atom is -0.335 e. The van der Waals surface area contributed by atoms with Crippen LogP contribution in [0.2, 0.25) is 5.02 Å². The Morgan fingerprint density at radius 1 is 1.40 bits per heavy atom. The summed E-state index contributed by atoms with van der Waals surface area (Å²) < 4.78 is 1.58. The van der Waals surface area contributed by atoms with E-state index in [1.807, 2.05) is 13.8 Å². The molecule has 1 atom stereocenters. The zero-order chi connectivity index (χ0) is 18.9. The van der Waals surface area contributed by atoms with Crippen molar-refractivity contribution in [2.75, 3.05) is 12.9 Å². The first-order valence-corrected chi connectivity index (χ1v) is 9.08. The van der Waals surface area contributed by atoms with Gasteiger partial charge >= 0.3 is 0 Å². The Labute approximate surface area is 157 Å². The molecule has 5 nitrogen and oxygen atoms in total. The molecule has 0 aliphatic carbocycles. The van der Waals surface area contributed by atoms with Crippen molar-refractivity contribution in [1.82, 2.24) is 14.5 Å². The largest absolute Gasteiger partial charge is 0.335 e. The smallest absolute Gasteiger partial charge is 0.261 e. The normalized spacial score (nSPS) is 13.1. The lowest BCUT2D eigenvalue weighted by Gasteiger charge is -2.32. The van der Waals surface area contributed by atoms with Gasteiger partial charge in [-0.2, -0.15) is 0 Å². The fourth-order valence-corrected chi connectivity index (χ4v) is 3.00.